The molecule has 1 rings (SSSR count). The van der Waals surface area contributed by atoms with Gasteiger partial charge in [-0.05, 0) is 36.1 Å². The first-order chi connectivity index (χ1) is 8.40. The normalized spacial score (nSPS) is 11.4. The van der Waals surface area contributed by atoms with Crippen LogP contribution in [-0.2, 0) is 27.7 Å². The molecule has 5 nitrogen and oxygen atoms in total. The number of hydrogen-bond donors (Lipinski definition) is 2. The third-order valence-electron chi connectivity index (χ3n) is 2.66. The van der Waals surface area contributed by atoms with E-state index in [2.05, 4.69) is 0 Å². The smallest absolute Gasteiger partial charge is 0.318 e. The number of carboxylic acids is 1. The van der Waals surface area contributed by atoms with Crippen molar-refractivity contribution in [3.63, 3.8) is 0 Å². The van der Waals surface area contributed by atoms with Gasteiger partial charge in [0.1, 0.15) is 6.54 Å². The molecule has 0 atom stereocenters. The number of carboxylic acid groups (broad SMARTS) is 1. The molecule has 1 aromatic rings. The van der Waals surface area contributed by atoms with E-state index in [4.69, 9.17) is 5.11 Å². The van der Waals surface area contributed by atoms with Crippen LogP contribution in [0.2, 0.25) is 0 Å². The van der Waals surface area contributed by atoms with Gasteiger partial charge in [0, 0.05) is 0 Å². The second-order valence-electron chi connectivity index (χ2n) is 3.86. The minimum Gasteiger partial charge on any atom is -0.480 e. The topological polar surface area (TPSA) is 83.5 Å². The van der Waals surface area contributed by atoms with Crippen LogP contribution in [0.15, 0.2) is 23.1 Å². The Morgan fingerprint density at radius 2 is 1.83 bits per heavy atom. The maximum atomic E-state index is 11.8. The number of aliphatic carboxylic acids is 1. The van der Waals surface area contributed by atoms with Crippen molar-refractivity contribution in [1.29, 1.82) is 0 Å². The molecule has 0 radical (unpaired) electrons. The molecule has 0 bridgehead atoms. The van der Waals surface area contributed by atoms with E-state index in [0.717, 1.165) is 24.0 Å². The molecular weight excluding hydrogens is 254 g/mol. The number of benzene rings is 1. The zero-order valence-electron chi connectivity index (χ0n) is 10.4. The van der Waals surface area contributed by atoms with Crippen molar-refractivity contribution >= 4 is 16.0 Å². The van der Waals surface area contributed by atoms with E-state index in [1.54, 1.807) is 12.1 Å². The highest BCUT2D eigenvalue weighted by molar-refractivity contribution is 7.89. The zero-order valence-corrected chi connectivity index (χ0v) is 11.3. The van der Waals surface area contributed by atoms with Crippen LogP contribution in [0.5, 0.6) is 0 Å². The molecule has 0 saturated carbocycles. The van der Waals surface area contributed by atoms with Gasteiger partial charge < -0.3 is 5.11 Å². The van der Waals surface area contributed by atoms with Gasteiger partial charge in [0.25, 0.3) is 0 Å². The lowest BCUT2D eigenvalue weighted by molar-refractivity contribution is -0.135. The van der Waals surface area contributed by atoms with E-state index < -0.39 is 22.5 Å². The molecule has 0 spiro atoms. The molecule has 0 amide bonds. The van der Waals surface area contributed by atoms with Crippen LogP contribution in [-0.4, -0.2) is 26.0 Å². The first-order valence-corrected chi connectivity index (χ1v) is 7.22. The zero-order chi connectivity index (χ0) is 13.8. The fourth-order valence-corrected chi connectivity index (χ4v) is 2.71. The van der Waals surface area contributed by atoms with Crippen molar-refractivity contribution in [1.82, 2.24) is 4.72 Å². The second kappa shape index (κ2) is 5.97. The van der Waals surface area contributed by atoms with Gasteiger partial charge in [-0.2, -0.15) is 4.72 Å². The van der Waals surface area contributed by atoms with Crippen molar-refractivity contribution in [2.45, 2.75) is 31.6 Å². The lowest BCUT2D eigenvalue weighted by Gasteiger charge is -2.09. The Kier molecular flexibility index (Phi) is 4.86. The van der Waals surface area contributed by atoms with E-state index in [-0.39, 0.29) is 4.90 Å². The average molecular weight is 271 g/mol. The summed E-state index contributed by atoms with van der Waals surface area (Å²) in [7, 11) is -3.74. The molecule has 0 aliphatic carbocycles. The maximum absolute atomic E-state index is 11.8. The summed E-state index contributed by atoms with van der Waals surface area (Å²) in [6, 6.07) is 4.87. The molecular formula is C12H17NO4S. The van der Waals surface area contributed by atoms with Crippen molar-refractivity contribution < 1.29 is 18.3 Å². The molecule has 100 valence electrons. The maximum Gasteiger partial charge on any atom is 0.318 e. The number of aryl methyl sites for hydroxylation is 2. The minimum absolute atomic E-state index is 0.109. The summed E-state index contributed by atoms with van der Waals surface area (Å²) in [6.07, 6.45) is 1.58. The predicted molar refractivity (Wildman–Crippen MR) is 68.0 cm³/mol. The van der Waals surface area contributed by atoms with E-state index in [1.165, 1.54) is 6.07 Å². The molecule has 0 heterocycles. The number of rotatable bonds is 6. The first kappa shape index (κ1) is 14.7. The standard InChI is InChI=1S/C12H17NO4S/c1-3-9-5-6-11(7-10(9)4-2)18(16,17)13-8-12(14)15/h5-7,13H,3-4,8H2,1-2H3,(H,14,15). The molecule has 18 heavy (non-hydrogen) atoms. The molecule has 0 saturated heterocycles. The molecule has 0 unspecified atom stereocenters. The SMILES string of the molecule is CCc1ccc(S(=O)(=O)NCC(=O)O)cc1CC. The fraction of sp³-hybridized carbons (Fsp3) is 0.417. The third kappa shape index (κ3) is 3.54. The van der Waals surface area contributed by atoms with Crippen LogP contribution in [0.1, 0.15) is 25.0 Å². The van der Waals surface area contributed by atoms with Gasteiger partial charge in [-0.1, -0.05) is 19.9 Å². The highest BCUT2D eigenvalue weighted by atomic mass is 32.2. The Bertz CT molecular complexity index is 537. The van der Waals surface area contributed by atoms with E-state index >= 15 is 0 Å². The van der Waals surface area contributed by atoms with Crippen molar-refractivity contribution in [2.24, 2.45) is 0 Å². The lowest BCUT2D eigenvalue weighted by Crippen LogP contribution is -2.29. The number of hydrogen-bond acceptors (Lipinski definition) is 3. The summed E-state index contributed by atoms with van der Waals surface area (Å²) < 4.78 is 25.7. The van der Waals surface area contributed by atoms with Crippen LogP contribution < -0.4 is 4.72 Å². The quantitative estimate of drug-likeness (QED) is 0.813. The van der Waals surface area contributed by atoms with E-state index in [1.807, 2.05) is 18.6 Å². The van der Waals surface area contributed by atoms with Crippen LogP contribution in [0.4, 0.5) is 0 Å². The highest BCUT2D eigenvalue weighted by Gasteiger charge is 2.16. The number of nitrogens with one attached hydrogen (secondary N) is 1. The lowest BCUT2D eigenvalue weighted by atomic mass is 10.0. The summed E-state index contributed by atoms with van der Waals surface area (Å²) >= 11 is 0. The minimum atomic E-state index is -3.74. The van der Waals surface area contributed by atoms with Gasteiger partial charge in [-0.25, -0.2) is 8.42 Å². The number of sulfonamides is 1. The molecule has 0 aliphatic rings. The van der Waals surface area contributed by atoms with Gasteiger partial charge in [-0.15, -0.1) is 0 Å². The molecule has 1 aromatic carbocycles. The molecule has 6 heteroatoms. The number of carbonyl (C=O) groups is 1. The van der Waals surface area contributed by atoms with E-state index in [0.29, 0.717) is 0 Å². The van der Waals surface area contributed by atoms with Gasteiger partial charge in [0.15, 0.2) is 0 Å². The first-order valence-electron chi connectivity index (χ1n) is 5.74. The van der Waals surface area contributed by atoms with Crippen LogP contribution in [0.3, 0.4) is 0 Å². The second-order valence-corrected chi connectivity index (χ2v) is 5.62. The van der Waals surface area contributed by atoms with Crippen LogP contribution in [0.25, 0.3) is 0 Å². The summed E-state index contributed by atoms with van der Waals surface area (Å²) in [5, 5.41) is 8.48. The summed E-state index contributed by atoms with van der Waals surface area (Å²) in [5.41, 5.74) is 2.07. The summed E-state index contributed by atoms with van der Waals surface area (Å²) in [5.74, 6) is -1.21. The predicted octanol–water partition coefficient (Wildman–Crippen LogP) is 1.17. The fourth-order valence-electron chi connectivity index (χ4n) is 1.68. The molecule has 0 aromatic heterocycles. The monoisotopic (exact) mass is 271 g/mol. The Morgan fingerprint density at radius 1 is 1.22 bits per heavy atom. The van der Waals surface area contributed by atoms with Crippen LogP contribution in [0, 0.1) is 0 Å². The Morgan fingerprint density at radius 3 is 2.33 bits per heavy atom. The van der Waals surface area contributed by atoms with Crippen molar-refractivity contribution in [3.05, 3.63) is 29.3 Å². The molecule has 2 N–H and O–H groups in total. The van der Waals surface area contributed by atoms with E-state index in [9.17, 15) is 13.2 Å². The summed E-state index contributed by atoms with van der Waals surface area (Å²) in [6.45, 7) is 3.35. The van der Waals surface area contributed by atoms with Crippen molar-refractivity contribution in [3.8, 4) is 0 Å². The molecule has 0 aliphatic heterocycles. The molecule has 0 fully saturated rings. The Balaban J connectivity index is 3.06. The largest absolute Gasteiger partial charge is 0.480 e. The van der Waals surface area contributed by atoms with Gasteiger partial charge in [0.2, 0.25) is 10.0 Å². The highest BCUT2D eigenvalue weighted by Crippen LogP contribution is 2.17. The Hall–Kier alpha value is -1.40. The summed E-state index contributed by atoms with van der Waals surface area (Å²) in [4.78, 5) is 10.5. The van der Waals surface area contributed by atoms with Gasteiger partial charge in [0.05, 0.1) is 4.90 Å². The van der Waals surface area contributed by atoms with Crippen molar-refractivity contribution in [2.75, 3.05) is 6.54 Å². The van der Waals surface area contributed by atoms with Gasteiger partial charge in [-0.3, -0.25) is 4.79 Å². The Labute approximate surface area is 107 Å². The third-order valence-corrected chi connectivity index (χ3v) is 4.06. The average Bonchev–Trinajstić information content (AvgIpc) is 2.35. The van der Waals surface area contributed by atoms with Crippen LogP contribution >= 0.6 is 0 Å². The van der Waals surface area contributed by atoms with Gasteiger partial charge >= 0.3 is 5.97 Å².